The molecule has 4 amide bonds. The van der Waals surface area contributed by atoms with Gasteiger partial charge in [-0.15, -0.1) is 0 Å². The summed E-state index contributed by atoms with van der Waals surface area (Å²) in [6.07, 6.45) is -1.53. The normalized spacial score (nSPS) is 14.2. The molecule has 2 fully saturated rings. The Labute approximate surface area is 409 Å². The number of para-hydroxylation sites is 2. The van der Waals surface area contributed by atoms with E-state index < -0.39 is 23.4 Å². The topological polar surface area (TPSA) is 178 Å². The summed E-state index contributed by atoms with van der Waals surface area (Å²) in [7, 11) is 3.88. The van der Waals surface area contributed by atoms with Crippen LogP contribution in [0.4, 0.5) is 30.6 Å². The van der Waals surface area contributed by atoms with E-state index >= 15 is 0 Å². The first kappa shape index (κ1) is 50.4. The molecule has 2 aromatic heterocycles. The van der Waals surface area contributed by atoms with E-state index in [9.17, 15) is 19.2 Å². The second kappa shape index (κ2) is 22.3. The average molecular weight is 959 g/mol. The van der Waals surface area contributed by atoms with Crippen LogP contribution in [0.15, 0.2) is 97.1 Å². The van der Waals surface area contributed by atoms with E-state index in [0.29, 0.717) is 52.4 Å². The lowest BCUT2D eigenvalue weighted by Gasteiger charge is -2.37. The van der Waals surface area contributed by atoms with Crippen molar-refractivity contribution in [3.63, 3.8) is 0 Å². The Morgan fingerprint density at radius 3 is 1.46 bits per heavy atom. The van der Waals surface area contributed by atoms with E-state index in [2.05, 4.69) is 26.5 Å². The van der Waals surface area contributed by atoms with E-state index in [1.54, 1.807) is 9.80 Å². The molecular weight excluding hydrogens is 893 g/mol. The second-order valence-corrected chi connectivity index (χ2v) is 19.2. The van der Waals surface area contributed by atoms with Gasteiger partial charge < -0.3 is 58.3 Å². The van der Waals surface area contributed by atoms with Gasteiger partial charge in [-0.2, -0.15) is 0 Å². The monoisotopic (exact) mass is 959 g/mol. The zero-order valence-electron chi connectivity index (χ0n) is 41.6. The number of benzene rings is 4. The van der Waals surface area contributed by atoms with E-state index in [1.807, 2.05) is 156 Å². The minimum absolute atomic E-state index is 0.217. The van der Waals surface area contributed by atoms with Crippen LogP contribution in [0.3, 0.4) is 0 Å². The maximum atomic E-state index is 12.4. The van der Waals surface area contributed by atoms with Crippen molar-refractivity contribution in [3.8, 4) is 0 Å². The number of imidazole rings is 2. The lowest BCUT2D eigenvalue weighted by atomic mass is 10.2. The predicted octanol–water partition coefficient (Wildman–Crippen LogP) is 8.11. The smallest absolute Gasteiger partial charge is 0.410 e. The molecule has 2 aliphatic rings. The summed E-state index contributed by atoms with van der Waals surface area (Å²) in [5.41, 5.74) is 6.62. The van der Waals surface area contributed by atoms with Gasteiger partial charge in [-0.1, -0.05) is 72.8 Å². The molecule has 0 spiro atoms. The standard InChI is InChI=1S/2C26H33N5O4/c1-26(2,3)35-25(33)31-15-13-30(14-16-31)21-12-8-11-20-23(21)28-22(29(20)4)17-27-24(32)34-18-19-9-6-5-7-10-19;1-26(2,3)35-25(33)31-15-13-30(14-16-31)21-12-8-11-20-23(21)29(4)22(28-20)17-27-24(32)34-18-19-9-6-5-7-10-19/h2*5-12H,13-18H2,1-4H3,(H,27,32). The third-order valence-electron chi connectivity index (χ3n) is 11.7. The van der Waals surface area contributed by atoms with Crippen LogP contribution in [0.25, 0.3) is 22.1 Å². The molecule has 0 saturated carbocycles. The molecule has 8 rings (SSSR count). The summed E-state index contributed by atoms with van der Waals surface area (Å²) in [6, 6.07) is 31.2. The fraction of sp³-hybridized carbons (Fsp3) is 0.423. The molecule has 2 saturated heterocycles. The van der Waals surface area contributed by atoms with Crippen molar-refractivity contribution < 1.29 is 38.1 Å². The largest absolute Gasteiger partial charge is 0.445 e. The van der Waals surface area contributed by atoms with Crippen molar-refractivity contribution >= 4 is 57.8 Å². The summed E-state index contributed by atoms with van der Waals surface area (Å²) in [5.74, 6) is 1.47. The van der Waals surface area contributed by atoms with E-state index in [4.69, 9.17) is 28.9 Å². The van der Waals surface area contributed by atoms with Gasteiger partial charge in [0, 0.05) is 66.5 Å². The third kappa shape index (κ3) is 13.4. The lowest BCUT2D eigenvalue weighted by Crippen LogP contribution is -2.50. The fourth-order valence-corrected chi connectivity index (χ4v) is 8.13. The van der Waals surface area contributed by atoms with Crippen molar-refractivity contribution in [1.29, 1.82) is 0 Å². The first-order valence-electron chi connectivity index (χ1n) is 23.7. The molecule has 2 aliphatic heterocycles. The minimum atomic E-state index is -0.508. The molecule has 0 bridgehead atoms. The van der Waals surface area contributed by atoms with Gasteiger partial charge >= 0.3 is 24.4 Å². The third-order valence-corrected chi connectivity index (χ3v) is 11.7. The number of hydrogen-bond acceptors (Lipinski definition) is 12. The number of nitrogens with zero attached hydrogens (tertiary/aromatic N) is 8. The Balaban J connectivity index is 0.000000206. The number of fused-ring (bicyclic) bond motifs is 2. The molecule has 18 nitrogen and oxygen atoms in total. The second-order valence-electron chi connectivity index (χ2n) is 19.2. The molecule has 0 radical (unpaired) electrons. The number of anilines is 2. The number of ether oxygens (including phenoxy) is 4. The Hall–Kier alpha value is -7.50. The molecule has 2 N–H and O–H groups in total. The highest BCUT2D eigenvalue weighted by Gasteiger charge is 2.29. The van der Waals surface area contributed by atoms with Crippen molar-refractivity contribution in [2.45, 2.75) is 79.0 Å². The molecular formula is C52H66N10O8. The first-order valence-corrected chi connectivity index (χ1v) is 23.7. The summed E-state index contributed by atoms with van der Waals surface area (Å²) in [6.45, 7) is 17.3. The Morgan fingerprint density at radius 1 is 0.529 bits per heavy atom. The highest BCUT2D eigenvalue weighted by Crippen LogP contribution is 2.30. The number of aryl methyl sites for hydroxylation is 2. The van der Waals surface area contributed by atoms with Crippen molar-refractivity contribution in [1.82, 2.24) is 39.5 Å². The zero-order chi connectivity index (χ0) is 50.0. The summed E-state index contributed by atoms with van der Waals surface area (Å²) >= 11 is 0. The van der Waals surface area contributed by atoms with Gasteiger partial charge in [0.15, 0.2) is 0 Å². The number of nitrogens with one attached hydrogen (secondary N) is 2. The van der Waals surface area contributed by atoms with E-state index in [1.165, 1.54) is 0 Å². The van der Waals surface area contributed by atoms with Crippen LogP contribution in [-0.2, 0) is 59.3 Å². The van der Waals surface area contributed by atoms with Crippen LogP contribution >= 0.6 is 0 Å². The van der Waals surface area contributed by atoms with Crippen LogP contribution in [0, 0.1) is 0 Å². The molecule has 6 aromatic rings. The molecule has 70 heavy (non-hydrogen) atoms. The molecule has 0 unspecified atom stereocenters. The van der Waals surface area contributed by atoms with Crippen molar-refractivity contribution in [2.75, 3.05) is 62.2 Å². The van der Waals surface area contributed by atoms with Gasteiger partial charge in [0.25, 0.3) is 0 Å². The van der Waals surface area contributed by atoms with E-state index in [-0.39, 0.29) is 38.5 Å². The number of carbonyl (C=O) groups is 4. The average Bonchev–Trinajstić information content (AvgIpc) is 3.85. The van der Waals surface area contributed by atoms with Crippen LogP contribution in [0.2, 0.25) is 0 Å². The quantitative estimate of drug-likeness (QED) is 0.126. The number of carbonyl (C=O) groups excluding carboxylic acids is 4. The maximum absolute atomic E-state index is 12.4. The van der Waals surface area contributed by atoms with Crippen LogP contribution in [0.5, 0.6) is 0 Å². The molecule has 372 valence electrons. The van der Waals surface area contributed by atoms with Gasteiger partial charge in [0.1, 0.15) is 41.6 Å². The summed E-state index contributed by atoms with van der Waals surface area (Å²) in [4.78, 5) is 66.7. The van der Waals surface area contributed by atoms with Gasteiger partial charge in [-0.3, -0.25) is 0 Å². The number of piperazine rings is 2. The molecule has 0 aliphatic carbocycles. The van der Waals surface area contributed by atoms with Gasteiger partial charge in [0.05, 0.1) is 41.0 Å². The highest BCUT2D eigenvalue weighted by atomic mass is 16.6. The van der Waals surface area contributed by atoms with Gasteiger partial charge in [-0.25, -0.2) is 29.1 Å². The lowest BCUT2D eigenvalue weighted by molar-refractivity contribution is 0.0230. The summed E-state index contributed by atoms with van der Waals surface area (Å²) in [5, 5.41) is 5.58. The predicted molar refractivity (Wildman–Crippen MR) is 268 cm³/mol. The van der Waals surface area contributed by atoms with Crippen LogP contribution in [-0.4, -0.2) is 117 Å². The zero-order valence-corrected chi connectivity index (χ0v) is 41.6. The molecule has 18 heteroatoms. The van der Waals surface area contributed by atoms with Gasteiger partial charge in [-0.05, 0) is 76.9 Å². The Morgan fingerprint density at radius 2 is 0.971 bits per heavy atom. The number of hydrogen-bond donors (Lipinski definition) is 2. The highest BCUT2D eigenvalue weighted by molar-refractivity contribution is 5.91. The SMILES string of the molecule is Cn1c(CNC(=O)OCc2ccccc2)nc2c(N3CCN(C(=O)OC(C)(C)C)CC3)cccc21.Cn1c(CNC(=O)OCc2ccccc2)nc2cccc(N3CCN(C(=O)OC(C)(C)C)CC3)c21. The molecule has 0 atom stereocenters. The first-order chi connectivity index (χ1) is 33.4. The van der Waals surface area contributed by atoms with E-state index in [0.717, 1.165) is 56.2 Å². The van der Waals surface area contributed by atoms with Crippen LogP contribution in [0.1, 0.15) is 64.3 Å². The minimum Gasteiger partial charge on any atom is -0.445 e. The number of amides is 4. The van der Waals surface area contributed by atoms with Gasteiger partial charge in [0.2, 0.25) is 0 Å². The summed E-state index contributed by atoms with van der Waals surface area (Å²) < 4.78 is 25.6. The maximum Gasteiger partial charge on any atom is 0.410 e. The fourth-order valence-electron chi connectivity index (χ4n) is 8.13. The molecule has 4 aromatic carbocycles. The Kier molecular flexibility index (Phi) is 16.0. The number of rotatable bonds is 10. The Bertz CT molecular complexity index is 2670. The number of alkyl carbamates (subject to hydrolysis) is 2. The van der Waals surface area contributed by atoms with Crippen LogP contribution < -0.4 is 20.4 Å². The molecule has 4 heterocycles. The van der Waals surface area contributed by atoms with Crippen molar-refractivity contribution in [2.24, 2.45) is 14.1 Å². The number of aromatic nitrogens is 4. The van der Waals surface area contributed by atoms with Crippen molar-refractivity contribution in [3.05, 3.63) is 120 Å².